The zero-order valence-electron chi connectivity index (χ0n) is 19.1. The van der Waals surface area contributed by atoms with E-state index in [9.17, 15) is 4.79 Å². The van der Waals surface area contributed by atoms with Crippen molar-refractivity contribution in [2.45, 2.75) is 25.4 Å². The maximum atomic E-state index is 12.9. The summed E-state index contributed by atoms with van der Waals surface area (Å²) in [5, 5.41) is 2.11. The molecule has 0 saturated carbocycles. The highest BCUT2D eigenvalue weighted by Gasteiger charge is 2.18. The third-order valence-corrected chi connectivity index (χ3v) is 6.38. The lowest BCUT2D eigenvalue weighted by Gasteiger charge is -2.29. The van der Waals surface area contributed by atoms with Crippen LogP contribution in [0.2, 0.25) is 0 Å². The van der Waals surface area contributed by atoms with Gasteiger partial charge in [0.15, 0.2) is 5.78 Å². The summed E-state index contributed by atoms with van der Waals surface area (Å²) in [6.45, 7) is 2.12. The smallest absolute Gasteiger partial charge is 0.168 e. The van der Waals surface area contributed by atoms with E-state index in [4.69, 9.17) is 4.74 Å². The van der Waals surface area contributed by atoms with E-state index in [1.54, 1.807) is 6.33 Å². The molecule has 33 heavy (non-hydrogen) atoms. The fraction of sp³-hybridized carbons (Fsp3) is 0.296. The molecule has 0 aliphatic carbocycles. The van der Waals surface area contributed by atoms with Gasteiger partial charge >= 0.3 is 0 Å². The highest BCUT2D eigenvalue weighted by Crippen LogP contribution is 2.25. The van der Waals surface area contributed by atoms with Crippen LogP contribution in [0.1, 0.15) is 28.9 Å². The minimum Gasteiger partial charge on any atom is -0.490 e. The maximum Gasteiger partial charge on any atom is 0.168 e. The van der Waals surface area contributed by atoms with Crippen LogP contribution < -0.4 is 4.74 Å². The molecule has 1 saturated heterocycles. The summed E-state index contributed by atoms with van der Waals surface area (Å²) < 4.78 is 8.09. The second-order valence-corrected chi connectivity index (χ2v) is 8.87. The largest absolute Gasteiger partial charge is 0.490 e. The number of benzene rings is 2. The Morgan fingerprint density at radius 2 is 1.79 bits per heavy atom. The third-order valence-electron chi connectivity index (χ3n) is 6.38. The Morgan fingerprint density at radius 3 is 2.52 bits per heavy atom. The number of imidazole rings is 1. The number of likely N-dealkylation sites (tertiary alicyclic amines) is 1. The number of ketones is 1. The van der Waals surface area contributed by atoms with Crippen LogP contribution in [0.25, 0.3) is 22.0 Å². The number of nitrogens with zero attached hydrogens (tertiary/aromatic N) is 4. The summed E-state index contributed by atoms with van der Waals surface area (Å²) in [5.41, 5.74) is 3.58. The van der Waals surface area contributed by atoms with Crippen LogP contribution in [0.3, 0.4) is 0 Å². The van der Waals surface area contributed by atoms with E-state index in [1.165, 1.54) is 0 Å². The molecule has 0 atom stereocenters. The molecule has 0 bridgehead atoms. The first kappa shape index (κ1) is 21.3. The minimum absolute atomic E-state index is 0.0514. The zero-order valence-corrected chi connectivity index (χ0v) is 19.1. The number of carbonyl (C=O) groups excluding carboxylic acids is 1. The van der Waals surface area contributed by atoms with Crippen molar-refractivity contribution in [3.8, 4) is 17.0 Å². The van der Waals surface area contributed by atoms with Gasteiger partial charge in [-0.05, 0) is 61.7 Å². The van der Waals surface area contributed by atoms with Gasteiger partial charge in [0, 0.05) is 48.5 Å². The zero-order chi connectivity index (χ0) is 22.8. The molecule has 5 rings (SSSR count). The van der Waals surface area contributed by atoms with Crippen molar-refractivity contribution in [2.75, 3.05) is 20.1 Å². The van der Waals surface area contributed by atoms with E-state index in [1.807, 2.05) is 54.3 Å². The van der Waals surface area contributed by atoms with Gasteiger partial charge in [0.25, 0.3) is 0 Å². The van der Waals surface area contributed by atoms with Gasteiger partial charge in [0.05, 0.1) is 24.6 Å². The topological polar surface area (TPSA) is 60.2 Å². The van der Waals surface area contributed by atoms with Gasteiger partial charge < -0.3 is 14.2 Å². The summed E-state index contributed by atoms with van der Waals surface area (Å²) in [5.74, 6) is 0.878. The van der Waals surface area contributed by atoms with E-state index in [0.29, 0.717) is 5.56 Å². The summed E-state index contributed by atoms with van der Waals surface area (Å²) in [7, 11) is 4.12. The predicted molar refractivity (Wildman–Crippen MR) is 130 cm³/mol. The van der Waals surface area contributed by atoms with Gasteiger partial charge in [-0.2, -0.15) is 0 Å². The number of Topliss-reactive ketones (excluding diaryl/α,β-unsaturated/α-hetero) is 1. The van der Waals surface area contributed by atoms with Gasteiger partial charge in [-0.3, -0.25) is 9.78 Å². The SMILES string of the molecule is CN1CCC(Oc2ccc(C(=O)Cc3cc4cc(-c5cncn5C)ccc4cn3)cc2)CC1. The number of hydrogen-bond acceptors (Lipinski definition) is 5. The molecule has 0 unspecified atom stereocenters. The molecular formula is C27H28N4O2. The maximum absolute atomic E-state index is 12.9. The first-order valence-corrected chi connectivity index (χ1v) is 11.4. The number of ether oxygens (including phenoxy) is 1. The Balaban J connectivity index is 1.28. The van der Waals surface area contributed by atoms with Crippen molar-refractivity contribution in [2.24, 2.45) is 7.05 Å². The molecule has 6 nitrogen and oxygen atoms in total. The van der Waals surface area contributed by atoms with Crippen molar-refractivity contribution in [3.63, 3.8) is 0 Å². The molecule has 4 aromatic rings. The standard InChI is InChI=1S/C27H28N4O2/c1-30-11-9-25(10-12-30)33-24-7-5-19(6-8-24)27(32)15-23-14-22-13-20(3-4-21(22)16-29-23)26-17-28-18-31(26)2/h3-8,13-14,16-18,25H,9-12,15H2,1-2H3. The molecule has 0 radical (unpaired) electrons. The Morgan fingerprint density at radius 1 is 1.00 bits per heavy atom. The Bertz CT molecular complexity index is 1270. The summed E-state index contributed by atoms with van der Waals surface area (Å²) in [6.07, 6.45) is 8.07. The molecular weight excluding hydrogens is 412 g/mol. The van der Waals surface area contributed by atoms with Crippen LogP contribution in [0.5, 0.6) is 5.75 Å². The van der Waals surface area contributed by atoms with Gasteiger partial charge in [-0.25, -0.2) is 4.98 Å². The van der Waals surface area contributed by atoms with E-state index in [-0.39, 0.29) is 18.3 Å². The summed E-state index contributed by atoms with van der Waals surface area (Å²) in [6, 6.07) is 15.8. The molecule has 3 heterocycles. The molecule has 0 amide bonds. The van der Waals surface area contributed by atoms with Crippen LogP contribution in [-0.4, -0.2) is 51.5 Å². The molecule has 1 aliphatic rings. The quantitative estimate of drug-likeness (QED) is 0.412. The van der Waals surface area contributed by atoms with Gasteiger partial charge in [-0.1, -0.05) is 12.1 Å². The lowest BCUT2D eigenvalue weighted by Crippen LogP contribution is -2.35. The van der Waals surface area contributed by atoms with E-state index in [0.717, 1.165) is 59.4 Å². The number of piperidine rings is 1. The fourth-order valence-corrected chi connectivity index (χ4v) is 4.36. The van der Waals surface area contributed by atoms with E-state index < -0.39 is 0 Å². The number of carbonyl (C=O) groups is 1. The van der Waals surface area contributed by atoms with Crippen LogP contribution in [-0.2, 0) is 13.5 Å². The average Bonchev–Trinajstić information content (AvgIpc) is 3.26. The Hall–Kier alpha value is -3.51. The predicted octanol–water partition coefficient (Wildman–Crippen LogP) is 4.53. The summed E-state index contributed by atoms with van der Waals surface area (Å²) in [4.78, 5) is 23.9. The molecule has 1 fully saturated rings. The molecule has 6 heteroatoms. The van der Waals surface area contributed by atoms with Crippen molar-refractivity contribution in [1.29, 1.82) is 0 Å². The average molecular weight is 441 g/mol. The lowest BCUT2D eigenvalue weighted by atomic mass is 10.0. The molecule has 168 valence electrons. The minimum atomic E-state index is 0.0514. The van der Waals surface area contributed by atoms with Gasteiger partial charge in [-0.15, -0.1) is 0 Å². The lowest BCUT2D eigenvalue weighted by molar-refractivity contribution is 0.0991. The first-order chi connectivity index (χ1) is 16.0. The van der Waals surface area contributed by atoms with Crippen LogP contribution in [0.15, 0.2) is 67.3 Å². The number of pyridine rings is 1. The van der Waals surface area contributed by atoms with Crippen molar-refractivity contribution in [3.05, 3.63) is 78.5 Å². The highest BCUT2D eigenvalue weighted by atomic mass is 16.5. The van der Waals surface area contributed by atoms with Crippen LogP contribution in [0.4, 0.5) is 0 Å². The van der Waals surface area contributed by atoms with Crippen LogP contribution in [0, 0.1) is 0 Å². The molecule has 0 N–H and O–H groups in total. The third kappa shape index (κ3) is 4.81. The van der Waals surface area contributed by atoms with Crippen molar-refractivity contribution in [1.82, 2.24) is 19.4 Å². The Kier molecular flexibility index (Phi) is 5.92. The fourth-order valence-electron chi connectivity index (χ4n) is 4.36. The van der Waals surface area contributed by atoms with E-state index in [2.05, 4.69) is 40.1 Å². The monoisotopic (exact) mass is 440 g/mol. The van der Waals surface area contributed by atoms with Crippen molar-refractivity contribution < 1.29 is 9.53 Å². The highest BCUT2D eigenvalue weighted by molar-refractivity contribution is 5.98. The Labute approximate surface area is 193 Å². The summed E-state index contributed by atoms with van der Waals surface area (Å²) >= 11 is 0. The van der Waals surface area contributed by atoms with Gasteiger partial charge in [0.1, 0.15) is 11.9 Å². The normalized spacial score (nSPS) is 15.1. The van der Waals surface area contributed by atoms with Gasteiger partial charge in [0.2, 0.25) is 0 Å². The first-order valence-electron chi connectivity index (χ1n) is 11.4. The molecule has 2 aromatic heterocycles. The second-order valence-electron chi connectivity index (χ2n) is 8.87. The number of aromatic nitrogens is 3. The van der Waals surface area contributed by atoms with Crippen molar-refractivity contribution >= 4 is 16.6 Å². The molecule has 1 aliphatic heterocycles. The number of fused-ring (bicyclic) bond motifs is 1. The molecule has 2 aromatic carbocycles. The second kappa shape index (κ2) is 9.16. The number of hydrogen-bond donors (Lipinski definition) is 0. The number of aryl methyl sites for hydroxylation is 1. The molecule has 0 spiro atoms. The number of rotatable bonds is 6. The van der Waals surface area contributed by atoms with Crippen LogP contribution >= 0.6 is 0 Å². The van der Waals surface area contributed by atoms with E-state index >= 15 is 0 Å².